The van der Waals surface area contributed by atoms with Crippen LogP contribution in [0.1, 0.15) is 96.8 Å². The summed E-state index contributed by atoms with van der Waals surface area (Å²) in [6.07, 6.45) is 20.1. The minimum atomic E-state index is 1.20. The van der Waals surface area contributed by atoms with Crippen LogP contribution < -0.4 is 0 Å². The van der Waals surface area contributed by atoms with Crippen molar-refractivity contribution in [2.24, 2.45) is 0 Å². The fourth-order valence-electron chi connectivity index (χ4n) is 2.74. The van der Waals surface area contributed by atoms with E-state index in [0.29, 0.717) is 0 Å². The third-order valence-corrected chi connectivity index (χ3v) is 4.52. The van der Waals surface area contributed by atoms with Crippen molar-refractivity contribution in [3.05, 3.63) is 0 Å². The molecule has 0 spiro atoms. The Morgan fingerprint density at radius 2 is 0.810 bits per heavy atom. The van der Waals surface area contributed by atoms with Crippen LogP contribution in [0.2, 0.25) is 0 Å². The zero-order valence-electron chi connectivity index (χ0n) is 15.5. The molecule has 0 aromatic heterocycles. The van der Waals surface area contributed by atoms with Crippen molar-refractivity contribution >= 4 is 0 Å². The van der Waals surface area contributed by atoms with Crippen molar-refractivity contribution in [1.82, 2.24) is 10.0 Å². The lowest BCUT2D eigenvalue weighted by Crippen LogP contribution is -2.33. The highest BCUT2D eigenvalue weighted by molar-refractivity contribution is 4.50. The van der Waals surface area contributed by atoms with E-state index in [9.17, 15) is 0 Å². The third kappa shape index (κ3) is 16.1. The lowest BCUT2D eigenvalue weighted by Gasteiger charge is -2.23. The molecule has 0 atom stereocenters. The van der Waals surface area contributed by atoms with Crippen LogP contribution in [-0.2, 0) is 0 Å². The van der Waals surface area contributed by atoms with E-state index in [1.807, 2.05) is 0 Å². The van der Waals surface area contributed by atoms with Gasteiger partial charge in [0, 0.05) is 27.7 Å². The molecule has 0 heterocycles. The van der Waals surface area contributed by atoms with Gasteiger partial charge in [-0.2, -0.15) is 0 Å². The minimum absolute atomic E-state index is 1.20. The largest absolute Gasteiger partial charge is 0.248 e. The molecule has 0 aromatic carbocycles. The first-order valence-corrected chi connectivity index (χ1v) is 9.56. The van der Waals surface area contributed by atoms with Crippen molar-refractivity contribution in [3.63, 3.8) is 0 Å². The van der Waals surface area contributed by atoms with Crippen LogP contribution in [0.15, 0.2) is 0 Å². The van der Waals surface area contributed by atoms with E-state index in [1.165, 1.54) is 96.4 Å². The van der Waals surface area contributed by atoms with Crippen molar-refractivity contribution in [2.45, 2.75) is 96.8 Å². The molecule has 0 amide bonds. The summed E-state index contributed by atoms with van der Waals surface area (Å²) in [5.74, 6) is 0. The predicted molar refractivity (Wildman–Crippen MR) is 96.6 cm³/mol. The number of hydrazine groups is 1. The Labute approximate surface area is 135 Å². The predicted octanol–water partition coefficient (Wildman–Crippen LogP) is 5.88. The van der Waals surface area contributed by atoms with E-state index in [0.717, 1.165) is 0 Å². The van der Waals surface area contributed by atoms with E-state index >= 15 is 0 Å². The Morgan fingerprint density at radius 1 is 0.476 bits per heavy atom. The molecule has 128 valence electrons. The fourth-order valence-corrected chi connectivity index (χ4v) is 2.74. The van der Waals surface area contributed by atoms with Crippen molar-refractivity contribution in [1.29, 1.82) is 0 Å². The van der Waals surface area contributed by atoms with Gasteiger partial charge in [0.15, 0.2) is 0 Å². The topological polar surface area (TPSA) is 6.48 Å². The van der Waals surface area contributed by atoms with Gasteiger partial charge in [0.1, 0.15) is 0 Å². The van der Waals surface area contributed by atoms with E-state index in [4.69, 9.17) is 0 Å². The monoisotopic (exact) mass is 298 g/mol. The van der Waals surface area contributed by atoms with Crippen LogP contribution in [0.3, 0.4) is 0 Å². The fraction of sp³-hybridized carbons (Fsp3) is 1.00. The van der Waals surface area contributed by atoms with Gasteiger partial charge in [0.05, 0.1) is 0 Å². The van der Waals surface area contributed by atoms with E-state index in [-0.39, 0.29) is 0 Å². The molecule has 21 heavy (non-hydrogen) atoms. The summed E-state index contributed by atoms with van der Waals surface area (Å²) in [5.41, 5.74) is 0. The van der Waals surface area contributed by atoms with Crippen LogP contribution in [0.5, 0.6) is 0 Å². The molecule has 0 radical (unpaired) electrons. The van der Waals surface area contributed by atoms with Gasteiger partial charge < -0.3 is 0 Å². The first-order chi connectivity index (χ1) is 10.2. The van der Waals surface area contributed by atoms with Gasteiger partial charge in [-0.05, 0) is 6.42 Å². The van der Waals surface area contributed by atoms with Gasteiger partial charge in [0.2, 0.25) is 0 Å². The molecule has 0 bridgehead atoms. The Balaban J connectivity index is 3.03. The van der Waals surface area contributed by atoms with Crippen LogP contribution in [0.25, 0.3) is 0 Å². The SMILES string of the molecule is CCCCCCCCCCCCCCCCN(C)N(C)C. The average molecular weight is 299 g/mol. The molecule has 0 aromatic rings. The second-order valence-electron chi connectivity index (χ2n) is 6.82. The molecule has 2 nitrogen and oxygen atoms in total. The molecular formula is C19H42N2. The van der Waals surface area contributed by atoms with E-state index in [2.05, 4.69) is 38.1 Å². The minimum Gasteiger partial charge on any atom is -0.248 e. The van der Waals surface area contributed by atoms with Crippen LogP contribution in [0.4, 0.5) is 0 Å². The summed E-state index contributed by atoms with van der Waals surface area (Å²) < 4.78 is 0. The zero-order valence-corrected chi connectivity index (χ0v) is 15.5. The summed E-state index contributed by atoms with van der Waals surface area (Å²) in [7, 11) is 6.40. The van der Waals surface area contributed by atoms with E-state index < -0.39 is 0 Å². The Hall–Kier alpha value is -0.0800. The first kappa shape index (κ1) is 20.9. The smallest absolute Gasteiger partial charge is 0.0130 e. The molecule has 0 saturated heterocycles. The first-order valence-electron chi connectivity index (χ1n) is 9.56. The molecular weight excluding hydrogens is 256 g/mol. The van der Waals surface area contributed by atoms with Crippen molar-refractivity contribution < 1.29 is 0 Å². The lowest BCUT2D eigenvalue weighted by molar-refractivity contribution is 0.0543. The highest BCUT2D eigenvalue weighted by Gasteiger charge is 1.99. The van der Waals surface area contributed by atoms with Crippen LogP contribution in [-0.4, -0.2) is 37.7 Å². The summed E-state index contributed by atoms with van der Waals surface area (Å²) in [5, 5.41) is 4.46. The highest BCUT2D eigenvalue weighted by atomic mass is 15.6. The maximum absolute atomic E-state index is 2.29. The lowest BCUT2D eigenvalue weighted by atomic mass is 10.0. The van der Waals surface area contributed by atoms with Gasteiger partial charge in [-0.1, -0.05) is 90.4 Å². The van der Waals surface area contributed by atoms with Crippen LogP contribution in [0, 0.1) is 0 Å². The van der Waals surface area contributed by atoms with Crippen molar-refractivity contribution in [3.8, 4) is 0 Å². The van der Waals surface area contributed by atoms with Crippen molar-refractivity contribution in [2.75, 3.05) is 27.7 Å². The Morgan fingerprint density at radius 3 is 1.14 bits per heavy atom. The van der Waals surface area contributed by atoms with E-state index in [1.54, 1.807) is 0 Å². The van der Waals surface area contributed by atoms with Gasteiger partial charge in [-0.15, -0.1) is 0 Å². The summed E-state index contributed by atoms with van der Waals surface area (Å²) in [4.78, 5) is 0. The molecule has 0 aliphatic rings. The molecule has 0 fully saturated rings. The summed E-state index contributed by atoms with van der Waals surface area (Å²) in [6.45, 7) is 3.49. The number of unbranched alkanes of at least 4 members (excludes halogenated alkanes) is 13. The molecule has 0 N–H and O–H groups in total. The van der Waals surface area contributed by atoms with Gasteiger partial charge in [-0.3, -0.25) is 0 Å². The number of nitrogens with zero attached hydrogens (tertiary/aromatic N) is 2. The quantitative estimate of drug-likeness (QED) is 0.259. The number of hydrogen-bond acceptors (Lipinski definition) is 2. The van der Waals surface area contributed by atoms with Gasteiger partial charge >= 0.3 is 0 Å². The standard InChI is InChI=1S/C19H42N2/c1-5-6-7-8-9-10-11-12-13-14-15-16-17-18-19-21(4)20(2)3/h5-19H2,1-4H3. The number of hydrogen-bond donors (Lipinski definition) is 0. The molecule has 0 unspecified atom stereocenters. The summed E-state index contributed by atoms with van der Waals surface area (Å²) in [6, 6.07) is 0. The molecule has 0 aliphatic heterocycles. The third-order valence-electron chi connectivity index (χ3n) is 4.52. The van der Waals surface area contributed by atoms with Gasteiger partial charge in [0.25, 0.3) is 0 Å². The summed E-state index contributed by atoms with van der Waals surface area (Å²) >= 11 is 0. The number of rotatable bonds is 16. The Kier molecular flexibility index (Phi) is 16.2. The zero-order chi connectivity index (χ0) is 15.8. The van der Waals surface area contributed by atoms with Gasteiger partial charge in [-0.25, -0.2) is 10.0 Å². The highest BCUT2D eigenvalue weighted by Crippen LogP contribution is 2.12. The second-order valence-corrected chi connectivity index (χ2v) is 6.82. The molecule has 0 saturated carbocycles. The maximum atomic E-state index is 2.29. The molecule has 0 aliphatic carbocycles. The normalized spacial score (nSPS) is 11.7. The second kappa shape index (κ2) is 16.3. The maximum Gasteiger partial charge on any atom is 0.0130 e. The Bertz CT molecular complexity index is 192. The van der Waals surface area contributed by atoms with Crippen LogP contribution >= 0.6 is 0 Å². The molecule has 0 rings (SSSR count). The molecule has 2 heteroatoms. The average Bonchev–Trinajstić information content (AvgIpc) is 2.47.